The van der Waals surface area contributed by atoms with Crippen molar-refractivity contribution in [2.45, 2.75) is 0 Å². The van der Waals surface area contributed by atoms with E-state index in [4.69, 9.17) is 86.1 Å². The zero-order valence-corrected chi connectivity index (χ0v) is 31.7. The summed E-state index contributed by atoms with van der Waals surface area (Å²) in [5, 5.41) is 0. The van der Waals surface area contributed by atoms with E-state index in [0.717, 1.165) is 0 Å². The van der Waals surface area contributed by atoms with Gasteiger partial charge in [-0.25, -0.2) is 25.2 Å². The Kier molecular flexibility index (Phi) is 50.2. The summed E-state index contributed by atoms with van der Waals surface area (Å²) in [7, 11) is -33.8. The summed E-state index contributed by atoms with van der Waals surface area (Å²) in [5.74, 6) is 0. The fourth-order valence-corrected chi connectivity index (χ4v) is 0. The smallest absolute Gasteiger partial charge is 0.786 e. The van der Waals surface area contributed by atoms with Gasteiger partial charge in [-0.3, -0.25) is 0 Å². The molecule has 0 aliphatic carbocycles. The summed E-state index contributed by atoms with van der Waals surface area (Å²) in [4.78, 5) is 101. The third-order valence-electron chi connectivity index (χ3n) is 0. The van der Waals surface area contributed by atoms with Gasteiger partial charge in [-0.15, -0.1) is 0 Å². The van der Waals surface area contributed by atoms with E-state index in [1.807, 2.05) is 0 Å². The van der Waals surface area contributed by atoms with Gasteiger partial charge in [0.15, 0.2) is 0 Å². The molecule has 0 heterocycles. The molecule has 0 saturated heterocycles. The van der Waals surface area contributed by atoms with Crippen LogP contribution in [0.25, 0.3) is 0 Å². The van der Waals surface area contributed by atoms with Gasteiger partial charge in [0.2, 0.25) is 0 Å². The normalized spacial score (nSPS) is 10.7. The Morgan fingerprint density at radius 2 is 0.273 bits per heavy atom. The van der Waals surface area contributed by atoms with Crippen molar-refractivity contribution in [3.63, 3.8) is 0 Å². The SMILES string of the molecule is O=P([O-])([O-])F.O=P([O-])([O-])F.O=P([O-])([O-])F.O=P([O-])([O-])F.O=P([O-])([O-])F.O=P([O-])([O-])F.[U+4].[U+4].[U+4]. The van der Waals surface area contributed by atoms with Crippen LogP contribution in [-0.2, 0) is 27.4 Å². The Bertz CT molecular complexity index is 488. The van der Waals surface area contributed by atoms with Crippen molar-refractivity contribution in [1.29, 1.82) is 0 Å². The molecule has 18 nitrogen and oxygen atoms in total. The van der Waals surface area contributed by atoms with Gasteiger partial charge in [-0.05, 0) is 0 Å². The van der Waals surface area contributed by atoms with Crippen LogP contribution in [0.1, 0.15) is 0 Å². The minimum atomic E-state index is -5.64. The molecule has 0 amide bonds. The summed E-state index contributed by atoms with van der Waals surface area (Å²) >= 11 is 0. The molecule has 0 radical (unpaired) electrons. The second kappa shape index (κ2) is 27.2. The van der Waals surface area contributed by atoms with Crippen LogP contribution in [0.3, 0.4) is 0 Å². The van der Waals surface area contributed by atoms with Crippen LogP contribution >= 0.6 is 47.4 Å². The van der Waals surface area contributed by atoms with Gasteiger partial charge in [0, 0.05) is 0 Å². The molecule has 0 N–H and O–H groups in total. The molecule has 0 spiro atoms. The predicted molar refractivity (Wildman–Crippen MR) is 52.3 cm³/mol. The molecular formula is F6O18P6U3. The van der Waals surface area contributed by atoms with E-state index in [-0.39, 0.29) is 93.3 Å². The number of hydrogen-bond donors (Lipinski definition) is 0. The Morgan fingerprint density at radius 1 is 0.273 bits per heavy atom. The summed E-state index contributed by atoms with van der Waals surface area (Å²) in [6.07, 6.45) is 0. The zero-order valence-electron chi connectivity index (χ0n) is 13.8. The van der Waals surface area contributed by atoms with Gasteiger partial charge >= 0.3 is 93.3 Å². The average molecular weight is 1300 g/mol. The zero-order chi connectivity index (χ0) is 27.0. The first-order valence-corrected chi connectivity index (χ1v) is 12.9. The van der Waals surface area contributed by atoms with Crippen molar-refractivity contribution >= 4 is 47.4 Å². The van der Waals surface area contributed by atoms with E-state index in [9.17, 15) is 25.2 Å². The maximum Gasteiger partial charge on any atom is 4.00 e. The van der Waals surface area contributed by atoms with Gasteiger partial charge in [-0.1, -0.05) is 0 Å². The van der Waals surface area contributed by atoms with Crippen molar-refractivity contribution < 1.29 is 205 Å². The predicted octanol–water partition coefficient (Wildman–Crippen LogP) is -7.29. The van der Waals surface area contributed by atoms with Crippen molar-refractivity contribution in [3.05, 3.63) is 0 Å². The quantitative estimate of drug-likeness (QED) is 0.161. The summed E-state index contributed by atoms with van der Waals surface area (Å²) in [6.45, 7) is 0. The van der Waals surface area contributed by atoms with E-state index in [0.29, 0.717) is 0 Å². The molecule has 0 aliphatic heterocycles. The van der Waals surface area contributed by atoms with Crippen molar-refractivity contribution in [2.24, 2.45) is 0 Å². The molecule has 33 heteroatoms. The molecule has 0 atom stereocenters. The van der Waals surface area contributed by atoms with Crippen molar-refractivity contribution in [2.75, 3.05) is 0 Å². The van der Waals surface area contributed by atoms with Crippen LogP contribution in [0.5, 0.6) is 0 Å². The first-order chi connectivity index (χ1) is 12.0. The molecule has 0 aromatic carbocycles. The number of halogens is 6. The molecule has 0 rings (SSSR count). The van der Waals surface area contributed by atoms with E-state index in [1.54, 1.807) is 0 Å². The minimum Gasteiger partial charge on any atom is -0.786 e. The van der Waals surface area contributed by atoms with Crippen LogP contribution < -0.4 is 58.7 Å². The van der Waals surface area contributed by atoms with Gasteiger partial charge < -0.3 is 86.1 Å². The molecule has 0 bridgehead atoms. The Balaban J connectivity index is -0.0000000294. The molecule has 33 heavy (non-hydrogen) atoms. The monoisotopic (exact) mass is 1300 g/mol. The topological polar surface area (TPSA) is 379 Å². The Hall–Kier alpha value is 3.64. The van der Waals surface area contributed by atoms with E-state index in [1.165, 1.54) is 0 Å². The maximum absolute atomic E-state index is 10.1. The van der Waals surface area contributed by atoms with E-state index < -0.39 is 47.4 Å². The second-order valence-electron chi connectivity index (χ2n) is 2.58. The number of rotatable bonds is 0. The largest absolute Gasteiger partial charge is 4.00 e. The molecule has 0 aliphatic rings. The maximum atomic E-state index is 10.1. The molecular weight excluding hydrogens is 1300 g/mol. The van der Waals surface area contributed by atoms with E-state index >= 15 is 0 Å². The van der Waals surface area contributed by atoms with Crippen LogP contribution in [-0.4, -0.2) is 0 Å². The van der Waals surface area contributed by atoms with Crippen LogP contribution in [0.2, 0.25) is 0 Å². The Labute approximate surface area is 249 Å². The van der Waals surface area contributed by atoms with Gasteiger partial charge in [0.1, 0.15) is 47.4 Å². The third-order valence-corrected chi connectivity index (χ3v) is 0. The molecule has 0 unspecified atom stereocenters. The molecule has 0 fully saturated rings. The molecule has 0 aromatic rings. The first-order valence-electron chi connectivity index (χ1n) is 4.30. The van der Waals surface area contributed by atoms with Crippen LogP contribution in [0.4, 0.5) is 25.2 Å². The third kappa shape index (κ3) is 3050. The first kappa shape index (κ1) is 60.9. The van der Waals surface area contributed by atoms with Crippen molar-refractivity contribution in [1.82, 2.24) is 0 Å². The summed E-state index contributed by atoms with van der Waals surface area (Å²) < 4.78 is 111. The minimum absolute atomic E-state index is 0. The fourth-order valence-electron chi connectivity index (χ4n) is 0. The fraction of sp³-hybridized carbons (Fsp3) is 0. The number of hydrogen-bond acceptors (Lipinski definition) is 18. The second-order valence-corrected chi connectivity index (χ2v) is 7.75. The summed E-state index contributed by atoms with van der Waals surface area (Å²) in [6, 6.07) is 0. The molecule has 0 aromatic heterocycles. The standard InChI is InChI=1S/6FH2O3P.3U/c6*1-5(2,3)4;;;/h6*(H2,2,3,4);;;/q;;;;;;3*+4/p-12. The molecule has 192 valence electrons. The van der Waals surface area contributed by atoms with Gasteiger partial charge in [0.25, 0.3) is 0 Å². The van der Waals surface area contributed by atoms with Crippen LogP contribution in [0, 0.1) is 93.3 Å². The van der Waals surface area contributed by atoms with E-state index in [2.05, 4.69) is 0 Å². The summed E-state index contributed by atoms with van der Waals surface area (Å²) in [5.41, 5.74) is 0. The Morgan fingerprint density at radius 3 is 0.273 bits per heavy atom. The molecule has 0 saturated carbocycles. The van der Waals surface area contributed by atoms with Gasteiger partial charge in [-0.2, -0.15) is 0 Å². The average Bonchev–Trinajstić information content (AvgIpc) is 1.94. The van der Waals surface area contributed by atoms with Crippen LogP contribution in [0.15, 0.2) is 0 Å². The van der Waals surface area contributed by atoms with Gasteiger partial charge in [0.05, 0.1) is 0 Å². The van der Waals surface area contributed by atoms with Crippen molar-refractivity contribution in [3.8, 4) is 0 Å².